The second-order valence-corrected chi connectivity index (χ2v) is 7.35. The molecule has 1 fully saturated rings. The smallest absolute Gasteiger partial charge is 0.264 e. The number of rotatable bonds is 1. The van der Waals surface area contributed by atoms with Crippen LogP contribution in [-0.2, 0) is 4.79 Å². The Kier molecular flexibility index (Phi) is 4.45. The Labute approximate surface area is 126 Å². The molecule has 1 aliphatic heterocycles. The van der Waals surface area contributed by atoms with Crippen molar-refractivity contribution < 1.29 is 9.59 Å². The number of carbonyl (C=O) groups excluding carboxylic acids is 2. The molecule has 7 heteroatoms. The van der Waals surface area contributed by atoms with E-state index >= 15 is 0 Å². The number of likely N-dealkylation sites (N-methyl/N-ethyl adjacent to an activating group) is 1. The summed E-state index contributed by atoms with van der Waals surface area (Å²) in [4.78, 5) is 28.0. The molecule has 1 aromatic rings. The van der Waals surface area contributed by atoms with Crippen molar-refractivity contribution in [1.82, 2.24) is 9.80 Å². The van der Waals surface area contributed by atoms with Crippen molar-refractivity contribution in [2.45, 2.75) is 6.42 Å². The van der Waals surface area contributed by atoms with Gasteiger partial charge in [0, 0.05) is 24.6 Å². The molecule has 0 spiro atoms. The summed E-state index contributed by atoms with van der Waals surface area (Å²) in [6.07, 6.45) is 0.821. The minimum atomic E-state index is -0.0740. The number of hydrogen-bond donors (Lipinski definition) is 0. The van der Waals surface area contributed by atoms with Crippen LogP contribution in [0.15, 0.2) is 14.3 Å². The maximum Gasteiger partial charge on any atom is 0.264 e. The number of halogens is 2. The van der Waals surface area contributed by atoms with Gasteiger partial charge in [0.05, 0.1) is 8.66 Å². The van der Waals surface area contributed by atoms with Gasteiger partial charge in [-0.05, 0) is 44.3 Å². The number of hydrogen-bond acceptors (Lipinski definition) is 3. The third-order valence-corrected chi connectivity index (χ3v) is 6.06. The molecule has 98 valence electrons. The number of nitrogens with zero attached hydrogens (tertiary/aromatic N) is 2. The zero-order chi connectivity index (χ0) is 13.3. The van der Waals surface area contributed by atoms with Gasteiger partial charge in [-0.25, -0.2) is 0 Å². The maximum absolute atomic E-state index is 12.3. The zero-order valence-corrected chi connectivity index (χ0v) is 13.8. The number of carbonyl (C=O) groups is 2. The standard InChI is InChI=1S/C11H12Br2N2O2S/c1-14-3-2-4-15(6-9(14)16)11(17)8-5-7(12)10(13)18-8/h5H,2-4,6H2,1H3. The normalized spacial score (nSPS) is 16.9. The third kappa shape index (κ3) is 2.95. The minimum absolute atomic E-state index is 0.00413. The van der Waals surface area contributed by atoms with E-state index in [4.69, 9.17) is 0 Å². The molecule has 0 aliphatic carbocycles. The summed E-state index contributed by atoms with van der Waals surface area (Å²) in [5, 5.41) is 0. The molecule has 1 aliphatic rings. The molecule has 1 saturated heterocycles. The second-order valence-electron chi connectivity index (χ2n) is 4.13. The summed E-state index contributed by atoms with van der Waals surface area (Å²) in [6, 6.07) is 1.79. The first-order valence-corrected chi connectivity index (χ1v) is 7.87. The lowest BCUT2D eigenvalue weighted by atomic mass is 10.3. The summed E-state index contributed by atoms with van der Waals surface area (Å²) >= 11 is 8.11. The molecule has 0 unspecified atom stereocenters. The average molecular weight is 396 g/mol. The molecule has 2 rings (SSSR count). The Hall–Kier alpha value is -0.400. The van der Waals surface area contributed by atoms with E-state index in [0.29, 0.717) is 18.0 Å². The fraction of sp³-hybridized carbons (Fsp3) is 0.455. The largest absolute Gasteiger partial charge is 0.344 e. The van der Waals surface area contributed by atoms with Crippen molar-refractivity contribution in [2.24, 2.45) is 0 Å². The predicted molar refractivity (Wildman–Crippen MR) is 77.9 cm³/mol. The van der Waals surface area contributed by atoms with Crippen molar-refractivity contribution in [3.05, 3.63) is 19.2 Å². The quantitative estimate of drug-likeness (QED) is 0.733. The Balaban J connectivity index is 2.15. The number of thiophene rings is 1. The fourth-order valence-electron chi connectivity index (χ4n) is 1.77. The summed E-state index contributed by atoms with van der Waals surface area (Å²) in [5.74, 6) is -0.0782. The average Bonchev–Trinajstić information content (AvgIpc) is 2.56. The minimum Gasteiger partial charge on any atom is -0.344 e. The van der Waals surface area contributed by atoms with Gasteiger partial charge < -0.3 is 9.80 Å². The molecule has 2 amide bonds. The van der Waals surface area contributed by atoms with Crippen LogP contribution in [0.4, 0.5) is 0 Å². The Morgan fingerprint density at radius 1 is 1.39 bits per heavy atom. The molecular weight excluding hydrogens is 384 g/mol. The molecule has 0 radical (unpaired) electrons. The monoisotopic (exact) mass is 394 g/mol. The van der Waals surface area contributed by atoms with Crippen LogP contribution in [0.1, 0.15) is 16.1 Å². The predicted octanol–water partition coefficient (Wildman–Crippen LogP) is 2.58. The summed E-state index contributed by atoms with van der Waals surface area (Å²) in [6.45, 7) is 1.50. The van der Waals surface area contributed by atoms with E-state index in [0.717, 1.165) is 14.7 Å². The van der Waals surface area contributed by atoms with Crippen molar-refractivity contribution >= 4 is 55.0 Å². The van der Waals surface area contributed by atoms with Gasteiger partial charge in [-0.3, -0.25) is 9.59 Å². The van der Waals surface area contributed by atoms with Crippen molar-refractivity contribution in [3.63, 3.8) is 0 Å². The van der Waals surface area contributed by atoms with Crippen LogP contribution in [0, 0.1) is 0 Å². The van der Waals surface area contributed by atoms with Crippen LogP contribution in [0.2, 0.25) is 0 Å². The maximum atomic E-state index is 12.3. The van der Waals surface area contributed by atoms with E-state index in [9.17, 15) is 9.59 Å². The second kappa shape index (κ2) is 5.71. The SMILES string of the molecule is CN1CCCN(C(=O)c2cc(Br)c(Br)s2)CC1=O. The Bertz CT molecular complexity index is 470. The van der Waals surface area contributed by atoms with Crippen molar-refractivity contribution in [2.75, 3.05) is 26.7 Å². The van der Waals surface area contributed by atoms with E-state index in [1.165, 1.54) is 11.3 Å². The molecule has 0 bridgehead atoms. The first-order valence-electron chi connectivity index (χ1n) is 5.47. The first-order chi connectivity index (χ1) is 8.49. The van der Waals surface area contributed by atoms with Crippen LogP contribution >= 0.6 is 43.2 Å². The van der Waals surface area contributed by atoms with Gasteiger partial charge in [0.25, 0.3) is 5.91 Å². The third-order valence-electron chi connectivity index (χ3n) is 2.82. The highest BCUT2D eigenvalue weighted by Crippen LogP contribution is 2.33. The van der Waals surface area contributed by atoms with Crippen LogP contribution in [0.3, 0.4) is 0 Å². The van der Waals surface area contributed by atoms with Gasteiger partial charge in [-0.2, -0.15) is 0 Å². The van der Waals surface area contributed by atoms with Gasteiger partial charge in [0.2, 0.25) is 5.91 Å². The molecule has 0 N–H and O–H groups in total. The molecule has 0 atom stereocenters. The zero-order valence-electron chi connectivity index (χ0n) is 9.78. The lowest BCUT2D eigenvalue weighted by Gasteiger charge is -2.18. The lowest BCUT2D eigenvalue weighted by Crippen LogP contribution is -2.37. The van der Waals surface area contributed by atoms with E-state index in [-0.39, 0.29) is 18.4 Å². The van der Waals surface area contributed by atoms with Crippen molar-refractivity contribution in [3.8, 4) is 0 Å². The van der Waals surface area contributed by atoms with Crippen LogP contribution in [0.5, 0.6) is 0 Å². The molecule has 2 heterocycles. The van der Waals surface area contributed by atoms with E-state index < -0.39 is 0 Å². The van der Waals surface area contributed by atoms with Crippen LogP contribution < -0.4 is 0 Å². The first kappa shape index (κ1) is 14.0. The topological polar surface area (TPSA) is 40.6 Å². The highest BCUT2D eigenvalue weighted by molar-refractivity contribution is 9.13. The molecule has 1 aromatic heterocycles. The van der Waals surface area contributed by atoms with Gasteiger partial charge in [0.15, 0.2) is 0 Å². The molecular formula is C11H12Br2N2O2S. The summed E-state index contributed by atoms with van der Waals surface area (Å²) in [7, 11) is 1.77. The Morgan fingerprint density at radius 2 is 2.11 bits per heavy atom. The molecule has 0 saturated carbocycles. The van der Waals surface area contributed by atoms with E-state index in [1.807, 2.05) is 0 Å². The molecule has 0 aromatic carbocycles. The fourth-order valence-corrected chi connectivity index (χ4v) is 3.77. The lowest BCUT2D eigenvalue weighted by molar-refractivity contribution is -0.129. The van der Waals surface area contributed by atoms with Gasteiger partial charge in [0.1, 0.15) is 6.54 Å². The summed E-state index contributed by atoms with van der Waals surface area (Å²) in [5.41, 5.74) is 0. The summed E-state index contributed by atoms with van der Waals surface area (Å²) < 4.78 is 1.76. The van der Waals surface area contributed by atoms with E-state index in [2.05, 4.69) is 31.9 Å². The molecule has 4 nitrogen and oxygen atoms in total. The van der Waals surface area contributed by atoms with Crippen molar-refractivity contribution in [1.29, 1.82) is 0 Å². The van der Waals surface area contributed by atoms with E-state index in [1.54, 1.807) is 22.9 Å². The highest BCUT2D eigenvalue weighted by atomic mass is 79.9. The highest BCUT2D eigenvalue weighted by Gasteiger charge is 2.25. The Morgan fingerprint density at radius 3 is 2.72 bits per heavy atom. The van der Waals surface area contributed by atoms with Crippen LogP contribution in [0.25, 0.3) is 0 Å². The van der Waals surface area contributed by atoms with Crippen LogP contribution in [-0.4, -0.2) is 48.3 Å². The van der Waals surface area contributed by atoms with Gasteiger partial charge in [-0.15, -0.1) is 11.3 Å². The molecule has 18 heavy (non-hydrogen) atoms. The number of amides is 2. The van der Waals surface area contributed by atoms with Gasteiger partial charge >= 0.3 is 0 Å². The van der Waals surface area contributed by atoms with Gasteiger partial charge in [-0.1, -0.05) is 0 Å².